The average Bonchev–Trinajstić information content (AvgIpc) is 3.11. The van der Waals surface area contributed by atoms with Gasteiger partial charge in [-0.05, 0) is 110 Å². The fourth-order valence-corrected chi connectivity index (χ4v) is 7.15. The number of fused-ring (bicyclic) bond motifs is 1. The van der Waals surface area contributed by atoms with E-state index in [1.807, 2.05) is 57.2 Å². The summed E-state index contributed by atoms with van der Waals surface area (Å²) in [6, 6.07) is 23.1. The van der Waals surface area contributed by atoms with Gasteiger partial charge in [-0.25, -0.2) is 0 Å². The summed E-state index contributed by atoms with van der Waals surface area (Å²) in [6.07, 6.45) is 5.87. The molecule has 8 nitrogen and oxygen atoms in total. The van der Waals surface area contributed by atoms with Crippen LogP contribution >= 0.6 is 0 Å². The fraction of sp³-hybridized carbons (Fsp3) is 0.405. The molecule has 0 atom stereocenters. The summed E-state index contributed by atoms with van der Waals surface area (Å²) in [7, 11) is 1.53. The molecule has 50 heavy (non-hydrogen) atoms. The normalized spacial score (nSPS) is 19.6. The van der Waals surface area contributed by atoms with E-state index in [0.29, 0.717) is 60.5 Å². The van der Waals surface area contributed by atoms with Crippen molar-refractivity contribution in [3.63, 3.8) is 0 Å². The Morgan fingerprint density at radius 2 is 1.52 bits per heavy atom. The third-order valence-corrected chi connectivity index (χ3v) is 10.8. The number of para-hydroxylation sites is 1. The van der Waals surface area contributed by atoms with E-state index in [-0.39, 0.29) is 30.0 Å². The summed E-state index contributed by atoms with van der Waals surface area (Å²) in [5.74, 6) is 0.199. The first-order valence-corrected chi connectivity index (χ1v) is 17.7. The lowest BCUT2D eigenvalue weighted by atomic mass is 9.70. The summed E-state index contributed by atoms with van der Waals surface area (Å²) in [5, 5.41) is 8.28. The summed E-state index contributed by atoms with van der Waals surface area (Å²) in [4.78, 5) is 40.4. The standard InChI is InChI=1S/C42H48N2O6/c1-27-11-8-16-33(38(45)43-26-41(3)19-10-20-41)37(27)44-39(46)34-24-35(28(2)23-36(34)48-5)50-31-17-21-42(4,22-18-31)40(47)49-25-30-14-9-13-29-12-6-7-15-32(29)30/h6-9,11-16,23-24,31H,10,17-22,25-26H2,1-5H3,(H,43,45)(H,44,46). The minimum atomic E-state index is -0.600. The van der Waals surface area contributed by atoms with Crippen molar-refractivity contribution in [1.29, 1.82) is 0 Å². The number of benzene rings is 4. The molecule has 0 bridgehead atoms. The van der Waals surface area contributed by atoms with E-state index < -0.39 is 11.3 Å². The Labute approximate surface area is 294 Å². The van der Waals surface area contributed by atoms with Crippen LogP contribution in [0.4, 0.5) is 5.69 Å². The van der Waals surface area contributed by atoms with Crippen LogP contribution in [-0.4, -0.2) is 37.5 Å². The van der Waals surface area contributed by atoms with Crippen LogP contribution in [0.25, 0.3) is 10.8 Å². The topological polar surface area (TPSA) is 103 Å². The summed E-state index contributed by atoms with van der Waals surface area (Å²) in [6.45, 7) is 8.79. The van der Waals surface area contributed by atoms with Crippen LogP contribution < -0.4 is 20.1 Å². The first kappa shape index (κ1) is 35.0. The molecule has 4 aromatic rings. The molecule has 0 saturated heterocycles. The van der Waals surface area contributed by atoms with Gasteiger partial charge >= 0.3 is 5.97 Å². The second-order valence-electron chi connectivity index (χ2n) is 14.7. The largest absolute Gasteiger partial charge is 0.496 e. The highest BCUT2D eigenvalue weighted by molar-refractivity contribution is 6.11. The molecule has 262 valence electrons. The minimum Gasteiger partial charge on any atom is -0.496 e. The van der Waals surface area contributed by atoms with E-state index in [1.54, 1.807) is 18.2 Å². The number of ether oxygens (including phenoxy) is 3. The predicted octanol–water partition coefficient (Wildman–Crippen LogP) is 8.71. The molecular formula is C42H48N2O6. The van der Waals surface area contributed by atoms with Gasteiger partial charge in [0.25, 0.3) is 11.8 Å². The molecular weight excluding hydrogens is 628 g/mol. The number of rotatable bonds is 11. The Morgan fingerprint density at radius 3 is 2.24 bits per heavy atom. The lowest BCUT2D eigenvalue weighted by molar-refractivity contribution is -0.159. The molecule has 6 rings (SSSR count). The highest BCUT2D eigenvalue weighted by atomic mass is 16.5. The molecule has 0 spiro atoms. The van der Waals surface area contributed by atoms with Crippen molar-refractivity contribution >= 4 is 34.2 Å². The molecule has 2 aliphatic carbocycles. The van der Waals surface area contributed by atoms with Gasteiger partial charge in [0.1, 0.15) is 18.1 Å². The van der Waals surface area contributed by atoms with Gasteiger partial charge in [-0.2, -0.15) is 0 Å². The van der Waals surface area contributed by atoms with Crippen molar-refractivity contribution in [2.75, 3.05) is 19.0 Å². The Balaban J connectivity index is 1.10. The number of anilines is 1. The zero-order valence-electron chi connectivity index (χ0n) is 29.8. The van der Waals surface area contributed by atoms with E-state index in [2.05, 4.69) is 35.8 Å². The molecule has 2 aliphatic rings. The number of amides is 2. The van der Waals surface area contributed by atoms with E-state index in [1.165, 1.54) is 13.5 Å². The highest BCUT2D eigenvalue weighted by Crippen LogP contribution is 2.41. The minimum absolute atomic E-state index is 0.124. The van der Waals surface area contributed by atoms with Gasteiger partial charge in [-0.15, -0.1) is 0 Å². The number of aryl methyl sites for hydroxylation is 2. The van der Waals surface area contributed by atoms with Gasteiger partial charge in [0.15, 0.2) is 0 Å². The molecule has 0 aromatic heterocycles. The zero-order chi connectivity index (χ0) is 35.5. The molecule has 2 N–H and O–H groups in total. The van der Waals surface area contributed by atoms with Crippen molar-refractivity contribution in [2.45, 2.75) is 85.4 Å². The monoisotopic (exact) mass is 676 g/mol. The van der Waals surface area contributed by atoms with E-state index in [4.69, 9.17) is 14.2 Å². The van der Waals surface area contributed by atoms with Crippen molar-refractivity contribution in [2.24, 2.45) is 10.8 Å². The predicted molar refractivity (Wildman–Crippen MR) is 196 cm³/mol. The number of hydrogen-bond acceptors (Lipinski definition) is 6. The van der Waals surface area contributed by atoms with Crippen molar-refractivity contribution < 1.29 is 28.6 Å². The molecule has 0 unspecified atom stereocenters. The molecule has 0 radical (unpaired) electrons. The summed E-state index contributed by atoms with van der Waals surface area (Å²) >= 11 is 0. The fourth-order valence-electron chi connectivity index (χ4n) is 7.15. The lowest BCUT2D eigenvalue weighted by Crippen LogP contribution is -2.40. The van der Waals surface area contributed by atoms with Crippen LogP contribution in [0, 0.1) is 24.7 Å². The quantitative estimate of drug-likeness (QED) is 0.154. The zero-order valence-corrected chi connectivity index (χ0v) is 29.8. The second kappa shape index (κ2) is 14.6. The Hall–Kier alpha value is -4.85. The molecule has 0 aliphatic heterocycles. The van der Waals surface area contributed by atoms with Crippen molar-refractivity contribution in [3.05, 3.63) is 101 Å². The molecule has 2 saturated carbocycles. The van der Waals surface area contributed by atoms with Crippen LogP contribution in [0.15, 0.2) is 72.8 Å². The van der Waals surface area contributed by atoms with Crippen molar-refractivity contribution in [3.8, 4) is 11.5 Å². The Morgan fingerprint density at radius 1 is 0.800 bits per heavy atom. The van der Waals surface area contributed by atoms with E-state index in [9.17, 15) is 14.4 Å². The Bertz CT molecular complexity index is 1900. The maximum Gasteiger partial charge on any atom is 0.312 e. The third-order valence-electron chi connectivity index (χ3n) is 10.8. The first-order valence-electron chi connectivity index (χ1n) is 17.7. The number of hydrogen-bond donors (Lipinski definition) is 2. The number of carbonyl (C=O) groups is 3. The summed E-state index contributed by atoms with van der Waals surface area (Å²) in [5.41, 5.74) is 3.34. The maximum atomic E-state index is 13.8. The van der Waals surface area contributed by atoms with Crippen LogP contribution in [0.3, 0.4) is 0 Å². The van der Waals surface area contributed by atoms with Crippen LogP contribution in [0.1, 0.15) is 96.2 Å². The molecule has 8 heteroatoms. The Kier molecular flexibility index (Phi) is 10.2. The smallest absolute Gasteiger partial charge is 0.312 e. The number of esters is 1. The van der Waals surface area contributed by atoms with Crippen LogP contribution in [0.5, 0.6) is 11.5 Å². The van der Waals surface area contributed by atoms with Crippen molar-refractivity contribution in [1.82, 2.24) is 5.32 Å². The third kappa shape index (κ3) is 7.49. The number of nitrogens with one attached hydrogen (secondary N) is 2. The molecule has 0 heterocycles. The van der Waals surface area contributed by atoms with Gasteiger partial charge in [0.2, 0.25) is 0 Å². The summed E-state index contributed by atoms with van der Waals surface area (Å²) < 4.78 is 18.0. The second-order valence-corrected chi connectivity index (χ2v) is 14.7. The van der Waals surface area contributed by atoms with E-state index >= 15 is 0 Å². The first-order chi connectivity index (χ1) is 24.0. The maximum absolute atomic E-state index is 13.8. The molecule has 4 aromatic carbocycles. The molecule has 2 fully saturated rings. The van der Waals surface area contributed by atoms with Crippen LogP contribution in [0.2, 0.25) is 0 Å². The molecule has 2 amide bonds. The van der Waals surface area contributed by atoms with Gasteiger partial charge in [0.05, 0.1) is 35.4 Å². The SMILES string of the molecule is COc1cc(C)c(OC2CCC(C)(C(=O)OCc3cccc4ccccc34)CC2)cc1C(=O)Nc1c(C)cccc1C(=O)NCC1(C)CCC1. The lowest BCUT2D eigenvalue weighted by Gasteiger charge is -2.38. The number of carbonyl (C=O) groups excluding carboxylic acids is 3. The number of methoxy groups -OCH3 is 1. The highest BCUT2D eigenvalue weighted by Gasteiger charge is 2.40. The van der Waals surface area contributed by atoms with Gasteiger partial charge in [0, 0.05) is 6.54 Å². The average molecular weight is 677 g/mol. The van der Waals surface area contributed by atoms with Gasteiger partial charge in [-0.3, -0.25) is 14.4 Å². The van der Waals surface area contributed by atoms with Crippen LogP contribution in [-0.2, 0) is 16.1 Å². The van der Waals surface area contributed by atoms with Gasteiger partial charge < -0.3 is 24.8 Å². The van der Waals surface area contributed by atoms with Gasteiger partial charge in [-0.1, -0.05) is 67.9 Å². The van der Waals surface area contributed by atoms with E-state index in [0.717, 1.165) is 40.3 Å².